The molecule has 3 rings (SSSR count). The predicted octanol–water partition coefficient (Wildman–Crippen LogP) is 4.39. The third-order valence-electron chi connectivity index (χ3n) is 4.50. The molecule has 3 aromatic carbocycles. The molecule has 0 bridgehead atoms. The molecule has 0 aromatic heterocycles. The van der Waals surface area contributed by atoms with Crippen LogP contribution in [0.15, 0.2) is 65.8 Å². The number of ether oxygens (including phenoxy) is 2. The Labute approximate surface area is 175 Å². The summed E-state index contributed by atoms with van der Waals surface area (Å²) in [5.74, 6) is -0.0394. The van der Waals surface area contributed by atoms with Crippen molar-refractivity contribution in [3.05, 3.63) is 71.8 Å². The summed E-state index contributed by atoms with van der Waals surface area (Å²) in [7, 11) is 0. The molecule has 6 heteroatoms. The summed E-state index contributed by atoms with van der Waals surface area (Å²) in [4.78, 5) is 12.5. The number of carbonyl (C=O) groups excluding carboxylic acids is 1. The van der Waals surface area contributed by atoms with E-state index >= 15 is 0 Å². The van der Waals surface area contributed by atoms with E-state index in [-0.39, 0.29) is 0 Å². The summed E-state index contributed by atoms with van der Waals surface area (Å²) in [5, 5.41) is 15.4. The van der Waals surface area contributed by atoms with Crippen LogP contribution in [0, 0.1) is 11.3 Å². The molecule has 3 aromatic rings. The number of hydrogen-bond donors (Lipinski definition) is 1. The second kappa shape index (κ2) is 10.1. The molecule has 0 saturated heterocycles. The average molecular weight is 401 g/mol. The molecule has 152 valence electrons. The molecule has 1 atom stereocenters. The summed E-state index contributed by atoms with van der Waals surface area (Å²) >= 11 is 0. The Hall–Kier alpha value is -3.85. The number of benzene rings is 3. The molecular formula is C24H23N3O3. The Balaban J connectivity index is 1.90. The molecular weight excluding hydrogens is 378 g/mol. The normalized spacial score (nSPS) is 11.8. The number of nitrogens with one attached hydrogen (secondary N) is 1. The van der Waals surface area contributed by atoms with Crippen molar-refractivity contribution in [1.82, 2.24) is 5.43 Å². The molecule has 1 amide bonds. The fraction of sp³-hybridized carbons (Fsp3) is 0.208. The van der Waals surface area contributed by atoms with E-state index in [2.05, 4.69) is 10.5 Å². The van der Waals surface area contributed by atoms with Gasteiger partial charge in [0.05, 0.1) is 25.5 Å². The summed E-state index contributed by atoms with van der Waals surface area (Å²) in [6.45, 7) is 4.89. The first-order valence-corrected chi connectivity index (χ1v) is 9.77. The molecule has 0 aliphatic heterocycles. The van der Waals surface area contributed by atoms with Crippen LogP contribution in [0.25, 0.3) is 10.8 Å². The maximum atomic E-state index is 12.5. The van der Waals surface area contributed by atoms with Gasteiger partial charge in [0.1, 0.15) is 11.5 Å². The van der Waals surface area contributed by atoms with Crippen LogP contribution in [0.5, 0.6) is 11.5 Å². The van der Waals surface area contributed by atoms with E-state index in [1.54, 1.807) is 30.5 Å². The van der Waals surface area contributed by atoms with E-state index < -0.39 is 11.8 Å². The number of rotatable bonds is 8. The number of amides is 1. The average Bonchev–Trinajstić information content (AvgIpc) is 2.76. The van der Waals surface area contributed by atoms with Gasteiger partial charge >= 0.3 is 0 Å². The molecule has 6 nitrogen and oxygen atoms in total. The van der Waals surface area contributed by atoms with Crippen LogP contribution in [-0.4, -0.2) is 25.3 Å². The van der Waals surface area contributed by atoms with Gasteiger partial charge in [0.25, 0.3) is 5.91 Å². The van der Waals surface area contributed by atoms with Gasteiger partial charge in [-0.1, -0.05) is 42.5 Å². The maximum Gasteiger partial charge on any atom is 0.261 e. The molecule has 0 spiro atoms. The van der Waals surface area contributed by atoms with Crippen LogP contribution < -0.4 is 14.9 Å². The quantitative estimate of drug-likeness (QED) is 0.448. The number of hydrazone groups is 1. The monoisotopic (exact) mass is 401 g/mol. The van der Waals surface area contributed by atoms with Crippen LogP contribution in [0.2, 0.25) is 0 Å². The van der Waals surface area contributed by atoms with E-state index in [1.165, 1.54) is 0 Å². The molecule has 0 saturated carbocycles. The predicted molar refractivity (Wildman–Crippen MR) is 117 cm³/mol. The largest absolute Gasteiger partial charge is 0.494 e. The van der Waals surface area contributed by atoms with Gasteiger partial charge in [0.15, 0.2) is 5.92 Å². The third-order valence-corrected chi connectivity index (χ3v) is 4.50. The number of nitrogens with zero attached hydrogens (tertiary/aromatic N) is 2. The fourth-order valence-electron chi connectivity index (χ4n) is 3.13. The first-order chi connectivity index (χ1) is 14.7. The van der Waals surface area contributed by atoms with Gasteiger partial charge in [0, 0.05) is 5.56 Å². The standard InChI is InChI=1S/C24H23N3O3/c1-3-29-19-12-10-18-11-13-23(30-4-2)22(20(18)14-19)16-26-27-24(28)21(15-25)17-8-6-5-7-9-17/h5-14,16,21H,3-4H2,1-2H3,(H,27,28)/b26-16-/t21-/m1/s1. The molecule has 0 radical (unpaired) electrons. The Morgan fingerprint density at radius 1 is 1.10 bits per heavy atom. The van der Waals surface area contributed by atoms with Crippen LogP contribution >= 0.6 is 0 Å². The minimum atomic E-state index is -0.938. The topological polar surface area (TPSA) is 83.7 Å². The maximum absolute atomic E-state index is 12.5. The molecule has 0 fully saturated rings. The van der Waals surface area contributed by atoms with E-state index in [1.807, 2.05) is 56.3 Å². The molecule has 0 unspecified atom stereocenters. The molecule has 0 aliphatic carbocycles. The van der Waals surface area contributed by atoms with Crippen LogP contribution in [0.4, 0.5) is 0 Å². The summed E-state index contributed by atoms with van der Waals surface area (Å²) in [6, 6.07) is 20.5. The fourth-order valence-corrected chi connectivity index (χ4v) is 3.13. The lowest BCUT2D eigenvalue weighted by molar-refractivity contribution is -0.121. The summed E-state index contributed by atoms with van der Waals surface area (Å²) in [5.41, 5.74) is 3.82. The second-order valence-corrected chi connectivity index (χ2v) is 6.43. The smallest absolute Gasteiger partial charge is 0.261 e. The van der Waals surface area contributed by atoms with Crippen LogP contribution in [0.3, 0.4) is 0 Å². The highest BCUT2D eigenvalue weighted by atomic mass is 16.5. The number of hydrogen-bond acceptors (Lipinski definition) is 5. The van der Waals surface area contributed by atoms with E-state index in [0.717, 1.165) is 22.1 Å². The van der Waals surface area contributed by atoms with Gasteiger partial charge in [-0.3, -0.25) is 4.79 Å². The summed E-state index contributed by atoms with van der Waals surface area (Å²) in [6.07, 6.45) is 1.54. The van der Waals surface area contributed by atoms with Crippen molar-refractivity contribution >= 4 is 22.9 Å². The van der Waals surface area contributed by atoms with Gasteiger partial charge in [0.2, 0.25) is 0 Å². The van der Waals surface area contributed by atoms with Crippen LogP contribution in [-0.2, 0) is 4.79 Å². The zero-order chi connectivity index (χ0) is 21.3. The van der Waals surface area contributed by atoms with Crippen molar-refractivity contribution in [3.8, 4) is 17.6 Å². The first kappa shape index (κ1) is 20.9. The lowest BCUT2D eigenvalue weighted by Crippen LogP contribution is -2.24. The highest BCUT2D eigenvalue weighted by Gasteiger charge is 2.19. The zero-order valence-corrected chi connectivity index (χ0v) is 17.0. The van der Waals surface area contributed by atoms with E-state index in [9.17, 15) is 10.1 Å². The van der Waals surface area contributed by atoms with Gasteiger partial charge in [-0.15, -0.1) is 0 Å². The third kappa shape index (κ3) is 4.76. The SMILES string of the molecule is CCOc1ccc2ccc(OCC)c(/C=N\NC(=O)[C@H](C#N)c3ccccc3)c2c1. The molecule has 30 heavy (non-hydrogen) atoms. The van der Waals surface area contributed by atoms with Crippen molar-refractivity contribution in [2.75, 3.05) is 13.2 Å². The van der Waals surface area contributed by atoms with Gasteiger partial charge in [-0.2, -0.15) is 10.4 Å². The van der Waals surface area contributed by atoms with Gasteiger partial charge in [-0.25, -0.2) is 5.43 Å². The van der Waals surface area contributed by atoms with Crippen LogP contribution in [0.1, 0.15) is 30.9 Å². The highest BCUT2D eigenvalue weighted by molar-refractivity contribution is 6.03. The molecule has 1 N–H and O–H groups in total. The lowest BCUT2D eigenvalue weighted by Gasteiger charge is -2.12. The summed E-state index contributed by atoms with van der Waals surface area (Å²) < 4.78 is 11.4. The number of nitriles is 1. The lowest BCUT2D eigenvalue weighted by atomic mass is 10.0. The first-order valence-electron chi connectivity index (χ1n) is 9.77. The number of carbonyl (C=O) groups is 1. The van der Waals surface area contributed by atoms with Gasteiger partial charge < -0.3 is 9.47 Å². The Morgan fingerprint density at radius 2 is 1.83 bits per heavy atom. The molecule has 0 aliphatic rings. The minimum Gasteiger partial charge on any atom is -0.494 e. The van der Waals surface area contributed by atoms with Crippen molar-refractivity contribution in [2.24, 2.45) is 5.10 Å². The van der Waals surface area contributed by atoms with Crippen molar-refractivity contribution in [1.29, 1.82) is 5.26 Å². The minimum absolute atomic E-state index is 0.492. The zero-order valence-electron chi connectivity index (χ0n) is 17.0. The highest BCUT2D eigenvalue weighted by Crippen LogP contribution is 2.30. The van der Waals surface area contributed by atoms with Gasteiger partial charge in [-0.05, 0) is 48.4 Å². The van der Waals surface area contributed by atoms with Crippen molar-refractivity contribution in [3.63, 3.8) is 0 Å². The molecule has 0 heterocycles. The number of fused-ring (bicyclic) bond motifs is 1. The van der Waals surface area contributed by atoms with Crippen molar-refractivity contribution in [2.45, 2.75) is 19.8 Å². The Morgan fingerprint density at radius 3 is 2.53 bits per heavy atom. The van der Waals surface area contributed by atoms with Crippen molar-refractivity contribution < 1.29 is 14.3 Å². The Kier molecular flexibility index (Phi) is 7.01. The van der Waals surface area contributed by atoms with E-state index in [0.29, 0.717) is 24.5 Å². The second-order valence-electron chi connectivity index (χ2n) is 6.43. The van der Waals surface area contributed by atoms with E-state index in [4.69, 9.17) is 9.47 Å². The Bertz CT molecular complexity index is 1080.